The van der Waals surface area contributed by atoms with Crippen LogP contribution in [-0.4, -0.2) is 64.7 Å². The lowest BCUT2D eigenvalue weighted by atomic mass is 9.94. The maximum atomic E-state index is 13.5. The van der Waals surface area contributed by atoms with Gasteiger partial charge in [0.1, 0.15) is 35.3 Å². The average molecular weight is 669 g/mol. The maximum Gasteiger partial charge on any atom is 0.332 e. The minimum atomic E-state index is -1.36. The van der Waals surface area contributed by atoms with Gasteiger partial charge in [0, 0.05) is 18.2 Å². The van der Waals surface area contributed by atoms with Gasteiger partial charge in [-0.15, -0.1) is 5.10 Å². The summed E-state index contributed by atoms with van der Waals surface area (Å²) in [4.78, 5) is 74.8. The molecule has 2 aromatic carbocycles. The lowest BCUT2D eigenvalue weighted by Crippen LogP contribution is -2.51. The third-order valence-electron chi connectivity index (χ3n) is 6.30. The van der Waals surface area contributed by atoms with Gasteiger partial charge in [-0.2, -0.15) is 0 Å². The maximum absolute atomic E-state index is 13.5. The molecule has 0 aromatic heterocycles. The Balaban J connectivity index is 2.23. The predicted octanol–water partition coefficient (Wildman–Crippen LogP) is 3.30. The molecule has 0 heterocycles. The van der Waals surface area contributed by atoms with Crippen LogP contribution in [0.5, 0.6) is 11.5 Å². The minimum Gasteiger partial charge on any atom is -0.481 e. The topological polar surface area (TPSA) is 228 Å². The molecule has 0 bridgehead atoms. The van der Waals surface area contributed by atoms with Crippen molar-refractivity contribution in [3.8, 4) is 11.5 Å². The van der Waals surface area contributed by atoms with E-state index in [9.17, 15) is 33.9 Å². The van der Waals surface area contributed by atoms with Crippen molar-refractivity contribution in [1.29, 1.82) is 0 Å². The molecule has 15 heteroatoms. The van der Waals surface area contributed by atoms with Crippen LogP contribution in [-0.2, 0) is 28.7 Å². The van der Waals surface area contributed by atoms with E-state index in [-0.39, 0.29) is 31.1 Å². The number of hydrazone groups is 1. The summed E-state index contributed by atoms with van der Waals surface area (Å²) in [6, 6.07) is 12.0. The van der Waals surface area contributed by atoms with Crippen LogP contribution < -0.4 is 31.8 Å². The van der Waals surface area contributed by atoms with E-state index in [1.807, 2.05) is 11.5 Å². The molecule has 0 fully saturated rings. The van der Waals surface area contributed by atoms with Gasteiger partial charge < -0.3 is 41.1 Å². The summed E-state index contributed by atoms with van der Waals surface area (Å²) in [5, 5.41) is 20.7. The third-order valence-corrected chi connectivity index (χ3v) is 6.30. The molecule has 48 heavy (non-hydrogen) atoms. The van der Waals surface area contributed by atoms with E-state index in [2.05, 4.69) is 21.1 Å². The lowest BCUT2D eigenvalue weighted by molar-refractivity contribution is -0.140. The first kappa shape index (κ1) is 38.7. The van der Waals surface area contributed by atoms with E-state index in [1.165, 1.54) is 0 Å². The number of hydrogen-bond acceptors (Lipinski definition) is 9. The van der Waals surface area contributed by atoms with Crippen molar-refractivity contribution < 1.29 is 43.3 Å². The van der Waals surface area contributed by atoms with Gasteiger partial charge in [0.15, 0.2) is 0 Å². The second-order valence-electron chi connectivity index (χ2n) is 12.3. The molecular formula is C33H44N6O9. The largest absolute Gasteiger partial charge is 0.481 e. The van der Waals surface area contributed by atoms with Crippen molar-refractivity contribution in [3.05, 3.63) is 54.6 Å². The number of para-hydroxylation sites is 1. The van der Waals surface area contributed by atoms with Crippen molar-refractivity contribution in [2.75, 3.05) is 5.32 Å². The Morgan fingerprint density at radius 1 is 0.938 bits per heavy atom. The van der Waals surface area contributed by atoms with E-state index in [0.717, 1.165) is 0 Å². The van der Waals surface area contributed by atoms with Gasteiger partial charge >= 0.3 is 12.0 Å². The molecule has 3 unspecified atom stereocenters. The lowest BCUT2D eigenvalue weighted by Gasteiger charge is -2.25. The van der Waals surface area contributed by atoms with Gasteiger partial charge in [0.25, 0.3) is 0 Å². The number of carboxylic acids is 1. The molecule has 0 aliphatic carbocycles. The average Bonchev–Trinajstić information content (AvgIpc) is 2.99. The number of carboxylic acid groups (broad SMARTS) is 1. The number of anilines is 1. The highest BCUT2D eigenvalue weighted by Crippen LogP contribution is 2.24. The second kappa shape index (κ2) is 18.6. The molecule has 0 saturated heterocycles. The molecule has 0 radical (unpaired) electrons. The first-order valence-corrected chi connectivity index (χ1v) is 15.3. The van der Waals surface area contributed by atoms with E-state index < -0.39 is 59.7 Å². The normalized spacial score (nSPS) is 13.3. The van der Waals surface area contributed by atoms with Gasteiger partial charge in [-0.3, -0.25) is 19.2 Å². The molecule has 0 spiro atoms. The van der Waals surface area contributed by atoms with Gasteiger partial charge in [-0.1, -0.05) is 38.1 Å². The van der Waals surface area contributed by atoms with E-state index in [1.54, 1.807) is 83.1 Å². The molecule has 15 nitrogen and oxygen atoms in total. The number of aldehydes is 1. The summed E-state index contributed by atoms with van der Waals surface area (Å²) in [5.74, 6) is -4.19. The van der Waals surface area contributed by atoms with Gasteiger partial charge in [-0.25, -0.2) is 10.2 Å². The number of aliphatic carboxylic acids is 1. The first-order chi connectivity index (χ1) is 22.6. The summed E-state index contributed by atoms with van der Waals surface area (Å²) in [6.07, 6.45) is -0.528. The Hall–Kier alpha value is -5.47. The minimum absolute atomic E-state index is 0.0397. The van der Waals surface area contributed by atoms with Crippen molar-refractivity contribution in [3.63, 3.8) is 0 Å². The fourth-order valence-corrected chi connectivity index (χ4v) is 4.29. The van der Waals surface area contributed by atoms with Crippen LogP contribution >= 0.6 is 0 Å². The van der Waals surface area contributed by atoms with Crippen LogP contribution in [0.3, 0.4) is 0 Å². The predicted molar refractivity (Wildman–Crippen MR) is 177 cm³/mol. The van der Waals surface area contributed by atoms with Gasteiger partial charge in [0.2, 0.25) is 23.6 Å². The van der Waals surface area contributed by atoms with Crippen LogP contribution in [0.2, 0.25) is 0 Å². The second-order valence-corrected chi connectivity index (χ2v) is 12.3. The summed E-state index contributed by atoms with van der Waals surface area (Å²) >= 11 is 0. The number of carbonyl (C=O) groups is 6. The highest BCUT2D eigenvalue weighted by atomic mass is 16.5. The SMILES string of the molecule is CC(C)CC(C(=O)NC(C=O)CC(=NNC(N)=O)OC(C)(C)C)C(=O)NC(CCC(=O)O)C(=O)Nc1cccc(Oc2ccccc2)c1. The zero-order valence-corrected chi connectivity index (χ0v) is 27.6. The first-order valence-electron chi connectivity index (χ1n) is 15.3. The Morgan fingerprint density at radius 3 is 2.17 bits per heavy atom. The van der Waals surface area contributed by atoms with Crippen LogP contribution in [0.1, 0.15) is 60.3 Å². The van der Waals surface area contributed by atoms with Crippen molar-refractivity contribution in [2.45, 2.75) is 78.0 Å². The Bertz CT molecular complexity index is 1460. The monoisotopic (exact) mass is 668 g/mol. The van der Waals surface area contributed by atoms with Gasteiger partial charge in [0.05, 0.1) is 12.5 Å². The highest BCUT2D eigenvalue weighted by molar-refractivity contribution is 6.04. The van der Waals surface area contributed by atoms with E-state index >= 15 is 0 Å². The number of ether oxygens (including phenoxy) is 2. The fraction of sp³-hybridized carbons (Fsp3) is 0.424. The summed E-state index contributed by atoms with van der Waals surface area (Å²) in [6.45, 7) is 8.67. The summed E-state index contributed by atoms with van der Waals surface area (Å²) in [7, 11) is 0. The molecule has 260 valence electrons. The fourth-order valence-electron chi connectivity index (χ4n) is 4.29. The van der Waals surface area contributed by atoms with Crippen molar-refractivity contribution in [2.24, 2.45) is 22.7 Å². The number of nitrogens with one attached hydrogen (secondary N) is 4. The van der Waals surface area contributed by atoms with Crippen LogP contribution in [0.25, 0.3) is 0 Å². The standard InChI is InChI=1S/C33H44N6O9/c1-20(2)16-25(29(43)36-22(19-40)18-27(38-39-32(34)46)48-33(3,4)5)30(44)37-26(14-15-28(41)42)31(45)35-21-10-9-13-24(17-21)47-23-11-7-6-8-12-23/h6-13,17,19-20,22,25-26H,14-16,18H2,1-5H3,(H,35,45)(H,36,43)(H,37,44)(H,41,42)(H3,34,39,46). The number of rotatable bonds is 17. The number of amides is 5. The Morgan fingerprint density at radius 2 is 1.58 bits per heavy atom. The molecule has 0 aliphatic heterocycles. The highest BCUT2D eigenvalue weighted by Gasteiger charge is 2.33. The van der Waals surface area contributed by atoms with Crippen molar-refractivity contribution >= 4 is 47.6 Å². The number of primary amides is 1. The molecule has 3 atom stereocenters. The Kier molecular flexibility index (Phi) is 15.0. The summed E-state index contributed by atoms with van der Waals surface area (Å²) < 4.78 is 11.5. The number of carbonyl (C=O) groups excluding carboxylic acids is 5. The number of hydrogen-bond donors (Lipinski definition) is 6. The quantitative estimate of drug-likeness (QED) is 0.0477. The molecule has 0 saturated carbocycles. The Labute approximate surface area is 279 Å². The molecule has 2 aromatic rings. The van der Waals surface area contributed by atoms with Crippen LogP contribution in [0, 0.1) is 11.8 Å². The number of nitrogens with zero attached hydrogens (tertiary/aromatic N) is 1. The molecular weight excluding hydrogens is 624 g/mol. The molecule has 2 rings (SSSR count). The van der Waals surface area contributed by atoms with E-state index in [0.29, 0.717) is 23.5 Å². The number of benzene rings is 2. The molecule has 5 amide bonds. The van der Waals surface area contributed by atoms with Gasteiger partial charge in [-0.05, 0) is 63.8 Å². The summed E-state index contributed by atoms with van der Waals surface area (Å²) in [5.41, 5.74) is 6.65. The number of nitrogens with two attached hydrogens (primary N) is 1. The van der Waals surface area contributed by atoms with Crippen LogP contribution in [0.4, 0.5) is 10.5 Å². The molecule has 0 aliphatic rings. The number of urea groups is 1. The molecule has 7 N–H and O–H groups in total. The van der Waals surface area contributed by atoms with E-state index in [4.69, 9.17) is 15.2 Å². The zero-order valence-electron chi connectivity index (χ0n) is 27.6. The smallest absolute Gasteiger partial charge is 0.332 e. The van der Waals surface area contributed by atoms with Crippen molar-refractivity contribution in [1.82, 2.24) is 16.1 Å². The zero-order chi connectivity index (χ0) is 35.9. The third kappa shape index (κ3) is 14.7. The van der Waals surface area contributed by atoms with Crippen LogP contribution in [0.15, 0.2) is 59.7 Å².